The highest BCUT2D eigenvalue weighted by Crippen LogP contribution is 2.15. The molecule has 0 spiro atoms. The Morgan fingerprint density at radius 3 is 2.32 bits per heavy atom. The zero-order valence-electron chi connectivity index (χ0n) is 20.8. The number of carbonyl (C=O) groups excluding carboxylic acids is 3. The number of nitrogens with zero attached hydrogens (tertiary/aromatic N) is 2. The normalized spacial score (nSPS) is 14.9. The Morgan fingerprint density at radius 1 is 1.21 bits per heavy atom. The van der Waals surface area contributed by atoms with Gasteiger partial charge >= 0.3 is 22.6 Å². The number of rotatable bonds is 6. The number of likely N-dealkylation sites (tertiary alicyclic amines) is 1. The second-order valence-electron chi connectivity index (χ2n) is 8.78. The molecule has 0 bridgehead atoms. The van der Waals surface area contributed by atoms with Crippen molar-refractivity contribution in [2.75, 3.05) is 19.6 Å². The second kappa shape index (κ2) is 14.1. The minimum atomic E-state index is -4.67. The smallest absolute Gasteiger partial charge is 0.414 e. The minimum absolute atomic E-state index is 0.0809. The number of hydrogen-bond acceptors (Lipinski definition) is 10. The highest BCUT2D eigenvalue weighted by atomic mass is 32.3. The van der Waals surface area contributed by atoms with E-state index >= 15 is 0 Å². The first kappa shape index (κ1) is 32.0. The van der Waals surface area contributed by atoms with Gasteiger partial charge in [-0.2, -0.15) is 8.42 Å². The molecule has 1 fully saturated rings. The van der Waals surface area contributed by atoms with Crippen LogP contribution in [0.3, 0.4) is 0 Å². The highest BCUT2D eigenvalue weighted by Gasteiger charge is 2.30. The van der Waals surface area contributed by atoms with Gasteiger partial charge in [-0.15, -0.1) is 0 Å². The lowest BCUT2D eigenvalue weighted by Gasteiger charge is -2.24. The molecule has 38 heavy (non-hydrogen) atoms. The van der Waals surface area contributed by atoms with Gasteiger partial charge in [-0.1, -0.05) is 0 Å². The zero-order chi connectivity index (χ0) is 29.1. The molecule has 0 unspecified atom stereocenters. The van der Waals surface area contributed by atoms with Crippen LogP contribution in [0.2, 0.25) is 0 Å². The second-order valence-corrected chi connectivity index (χ2v) is 9.68. The fourth-order valence-corrected chi connectivity index (χ4v) is 2.86. The van der Waals surface area contributed by atoms with E-state index in [0.29, 0.717) is 25.1 Å². The number of alkyl carbamates (subject to hydrolysis) is 1. The maximum atomic E-state index is 12.1. The SMILES string of the molecule is CC(C)(C)OC(=O)N1CC[C@H](NC(=O)CNC(=N)NC(=O)OCc2ccc([N+](=O)[O-])cc2)C1.O=S(=O)(O)O. The van der Waals surface area contributed by atoms with Gasteiger partial charge in [0.2, 0.25) is 5.91 Å². The summed E-state index contributed by atoms with van der Waals surface area (Å²) >= 11 is 0. The summed E-state index contributed by atoms with van der Waals surface area (Å²) < 4.78 is 41.8. The van der Waals surface area contributed by atoms with Gasteiger partial charge in [0.15, 0.2) is 5.96 Å². The summed E-state index contributed by atoms with van der Waals surface area (Å²) in [4.78, 5) is 47.5. The molecule has 1 saturated heterocycles. The molecule has 0 aliphatic carbocycles. The Balaban J connectivity index is 0.00000132. The fourth-order valence-electron chi connectivity index (χ4n) is 2.86. The summed E-state index contributed by atoms with van der Waals surface area (Å²) in [7, 11) is -4.67. The van der Waals surface area contributed by atoms with Crippen molar-refractivity contribution in [3.05, 3.63) is 39.9 Å². The van der Waals surface area contributed by atoms with Gasteiger partial charge < -0.3 is 25.0 Å². The van der Waals surface area contributed by atoms with Crippen LogP contribution in [0.4, 0.5) is 15.3 Å². The molecule has 1 aromatic rings. The van der Waals surface area contributed by atoms with E-state index in [2.05, 4.69) is 16.0 Å². The molecule has 1 atom stereocenters. The van der Waals surface area contributed by atoms with Crippen molar-refractivity contribution in [1.82, 2.24) is 20.9 Å². The third kappa shape index (κ3) is 14.5. The molecule has 212 valence electrons. The van der Waals surface area contributed by atoms with Gasteiger partial charge in [-0.05, 0) is 44.9 Å². The number of carbonyl (C=O) groups is 3. The molecule has 2 rings (SSSR count). The molecule has 1 aliphatic rings. The lowest BCUT2D eigenvalue weighted by atomic mass is 10.2. The Bertz CT molecular complexity index is 1110. The molecule has 17 nitrogen and oxygen atoms in total. The molecule has 18 heteroatoms. The van der Waals surface area contributed by atoms with Gasteiger partial charge in [0.05, 0.1) is 11.5 Å². The maximum absolute atomic E-state index is 12.1. The average Bonchev–Trinajstić information content (AvgIpc) is 3.23. The molecule has 0 saturated carbocycles. The van der Waals surface area contributed by atoms with Crippen molar-refractivity contribution in [2.45, 2.75) is 45.4 Å². The van der Waals surface area contributed by atoms with Crippen LogP contribution in [0.25, 0.3) is 0 Å². The first-order valence-corrected chi connectivity index (χ1v) is 12.3. The third-order valence-electron chi connectivity index (χ3n) is 4.37. The van der Waals surface area contributed by atoms with E-state index in [1.54, 1.807) is 20.8 Å². The Morgan fingerprint density at radius 2 is 1.79 bits per heavy atom. The van der Waals surface area contributed by atoms with Crippen molar-refractivity contribution in [3.8, 4) is 0 Å². The van der Waals surface area contributed by atoms with Crippen LogP contribution in [-0.4, -0.2) is 82.7 Å². The molecule has 0 aromatic heterocycles. The number of guanidine groups is 1. The summed E-state index contributed by atoms with van der Waals surface area (Å²) in [6.45, 7) is 5.72. The number of hydrogen-bond donors (Lipinski definition) is 6. The van der Waals surface area contributed by atoms with Gasteiger partial charge in [-0.3, -0.25) is 34.7 Å². The molecular formula is C20H30N6O11S. The highest BCUT2D eigenvalue weighted by molar-refractivity contribution is 7.79. The summed E-state index contributed by atoms with van der Waals surface area (Å²) in [5.41, 5.74) is -0.146. The number of benzene rings is 1. The van der Waals surface area contributed by atoms with Crippen molar-refractivity contribution < 1.29 is 46.3 Å². The van der Waals surface area contributed by atoms with Crippen LogP contribution in [0.5, 0.6) is 0 Å². The Kier molecular flexibility index (Phi) is 11.8. The minimum Gasteiger partial charge on any atom is -0.444 e. The molecule has 6 N–H and O–H groups in total. The van der Waals surface area contributed by atoms with E-state index in [0.717, 1.165) is 0 Å². The molecular weight excluding hydrogens is 532 g/mol. The Hall–Kier alpha value is -4.03. The molecule has 1 aliphatic heterocycles. The number of nitrogens with one attached hydrogen (secondary N) is 4. The number of nitro benzene ring substituents is 1. The van der Waals surface area contributed by atoms with Gasteiger partial charge in [-0.25, -0.2) is 9.59 Å². The average molecular weight is 563 g/mol. The standard InChI is InChI=1S/C20H28N6O7.H2O4S/c1-20(2,3)33-19(29)25-9-8-14(11-25)23-16(27)10-22-17(21)24-18(28)32-12-13-4-6-15(7-5-13)26(30)31;1-5(2,3)4/h4-7,14H,8-12H2,1-3H3,(H,23,27)(H3,21,22,24,28);(H2,1,2,3,4)/t14-;/m0./s1. The third-order valence-corrected chi connectivity index (χ3v) is 4.37. The molecule has 1 aromatic carbocycles. The van der Waals surface area contributed by atoms with E-state index in [4.69, 9.17) is 32.4 Å². The van der Waals surface area contributed by atoms with Crippen molar-refractivity contribution >= 4 is 40.1 Å². The summed E-state index contributed by atoms with van der Waals surface area (Å²) in [5.74, 6) is -0.836. The molecule has 3 amide bonds. The van der Waals surface area contributed by atoms with Crippen LogP contribution in [0, 0.1) is 15.5 Å². The van der Waals surface area contributed by atoms with Crippen LogP contribution in [-0.2, 0) is 31.3 Å². The molecule has 1 heterocycles. The van der Waals surface area contributed by atoms with E-state index < -0.39 is 45.0 Å². The summed E-state index contributed by atoms with van der Waals surface area (Å²) in [5, 5.41) is 25.6. The predicted molar refractivity (Wildman–Crippen MR) is 131 cm³/mol. The summed E-state index contributed by atoms with van der Waals surface area (Å²) in [6.07, 6.45) is -0.777. The van der Waals surface area contributed by atoms with Crippen molar-refractivity contribution in [1.29, 1.82) is 5.41 Å². The van der Waals surface area contributed by atoms with E-state index in [1.165, 1.54) is 29.2 Å². The van der Waals surface area contributed by atoms with Gasteiger partial charge in [0.1, 0.15) is 12.2 Å². The first-order valence-electron chi connectivity index (χ1n) is 10.9. The van der Waals surface area contributed by atoms with E-state index in [9.17, 15) is 24.5 Å². The van der Waals surface area contributed by atoms with Crippen molar-refractivity contribution in [2.24, 2.45) is 0 Å². The number of ether oxygens (including phenoxy) is 2. The quantitative estimate of drug-likeness (QED) is 0.0926. The van der Waals surface area contributed by atoms with Gasteiger partial charge in [0, 0.05) is 31.3 Å². The fraction of sp³-hybridized carbons (Fsp3) is 0.500. The van der Waals surface area contributed by atoms with Crippen LogP contribution < -0.4 is 16.0 Å². The first-order chi connectivity index (χ1) is 17.4. The monoisotopic (exact) mass is 562 g/mol. The maximum Gasteiger partial charge on any atom is 0.414 e. The van der Waals surface area contributed by atoms with Crippen molar-refractivity contribution in [3.63, 3.8) is 0 Å². The van der Waals surface area contributed by atoms with Gasteiger partial charge in [0.25, 0.3) is 5.69 Å². The summed E-state index contributed by atoms with van der Waals surface area (Å²) in [6, 6.07) is 5.24. The lowest BCUT2D eigenvalue weighted by molar-refractivity contribution is -0.384. The Labute approximate surface area is 218 Å². The topological polar surface area (TPSA) is 251 Å². The molecule has 0 radical (unpaired) electrons. The lowest BCUT2D eigenvalue weighted by Crippen LogP contribution is -2.47. The van der Waals surface area contributed by atoms with E-state index in [-0.39, 0.29) is 24.9 Å². The van der Waals surface area contributed by atoms with Crippen LogP contribution >= 0.6 is 0 Å². The number of non-ortho nitro benzene ring substituents is 1. The van der Waals surface area contributed by atoms with Crippen LogP contribution in [0.15, 0.2) is 24.3 Å². The number of amides is 3. The predicted octanol–water partition coefficient (Wildman–Crippen LogP) is 0.818. The van der Waals surface area contributed by atoms with E-state index in [1.807, 2.05) is 0 Å². The van der Waals surface area contributed by atoms with Crippen LogP contribution in [0.1, 0.15) is 32.8 Å². The number of nitro groups is 1. The largest absolute Gasteiger partial charge is 0.444 e. The zero-order valence-corrected chi connectivity index (χ0v) is 21.6.